The number of hydrogen-bond donors (Lipinski definition) is 2. The number of pyridine rings is 1. The van der Waals surface area contributed by atoms with Gasteiger partial charge in [-0.1, -0.05) is 69.9 Å². The van der Waals surface area contributed by atoms with E-state index in [9.17, 15) is 13.6 Å². The molecule has 0 radical (unpaired) electrons. The third kappa shape index (κ3) is 10.8. The molecule has 9 nitrogen and oxygen atoms in total. The van der Waals surface area contributed by atoms with Crippen LogP contribution in [0.2, 0.25) is 0 Å². The molecule has 42 heavy (non-hydrogen) atoms. The van der Waals surface area contributed by atoms with Gasteiger partial charge < -0.3 is 24.6 Å². The standard InChI is InChI=1S/C18H33N3O.C13H14F2N2O3/c1-3-4-5-6-7-8-9-10-13-19-17(14-16-11-12-16)18-20-15(2)22-21-18;14-13(15)6-17(7-13)10-4-3-9(12(18)19)16-11(10)20-5-8-1-2-8/h16-17,19H,3-14H2,1-2H3;3-4,8H,1-2,5-7H2,(H,18,19)/t17-;/m0./s1. The molecule has 11 heteroatoms. The molecule has 3 aliphatic rings. The first-order chi connectivity index (χ1) is 20.2. The fourth-order valence-electron chi connectivity index (χ4n) is 5.02. The monoisotopic (exact) mass is 591 g/mol. The first-order valence-corrected chi connectivity index (χ1v) is 15.8. The number of ether oxygens (including phenoxy) is 1. The molecular formula is C31H47F2N5O4. The number of carboxylic acid groups (broad SMARTS) is 1. The molecule has 0 bridgehead atoms. The summed E-state index contributed by atoms with van der Waals surface area (Å²) >= 11 is 0. The molecule has 0 amide bonds. The van der Waals surface area contributed by atoms with Crippen molar-refractivity contribution in [2.45, 2.75) is 109 Å². The van der Waals surface area contributed by atoms with Gasteiger partial charge in [0.25, 0.3) is 5.92 Å². The van der Waals surface area contributed by atoms with Crippen LogP contribution in [0.25, 0.3) is 0 Å². The van der Waals surface area contributed by atoms with Crippen LogP contribution in [0.3, 0.4) is 0 Å². The van der Waals surface area contributed by atoms with Gasteiger partial charge in [-0.3, -0.25) is 0 Å². The number of aryl methyl sites for hydroxylation is 1. The second-order valence-corrected chi connectivity index (χ2v) is 12.1. The average molecular weight is 592 g/mol. The summed E-state index contributed by atoms with van der Waals surface area (Å²) in [5, 5.41) is 16.7. The fraction of sp³-hybridized carbons (Fsp3) is 0.742. The van der Waals surface area contributed by atoms with Gasteiger partial charge in [0.15, 0.2) is 11.5 Å². The molecule has 0 aromatic carbocycles. The van der Waals surface area contributed by atoms with Crippen LogP contribution in [0.15, 0.2) is 16.7 Å². The van der Waals surface area contributed by atoms with E-state index in [1.165, 1.54) is 81.2 Å². The zero-order valence-electron chi connectivity index (χ0n) is 25.1. The van der Waals surface area contributed by atoms with Gasteiger partial charge in [0.1, 0.15) is 5.69 Å². The van der Waals surface area contributed by atoms with Crippen molar-refractivity contribution in [2.24, 2.45) is 11.8 Å². The topological polar surface area (TPSA) is 114 Å². The smallest absolute Gasteiger partial charge is 0.354 e. The molecule has 0 unspecified atom stereocenters. The van der Waals surface area contributed by atoms with Crippen molar-refractivity contribution in [1.82, 2.24) is 20.4 Å². The summed E-state index contributed by atoms with van der Waals surface area (Å²) in [6, 6.07) is 3.07. The van der Waals surface area contributed by atoms with E-state index >= 15 is 0 Å². The molecule has 2 N–H and O–H groups in total. The summed E-state index contributed by atoms with van der Waals surface area (Å²) in [7, 11) is 0. The second-order valence-electron chi connectivity index (χ2n) is 12.1. The predicted octanol–water partition coefficient (Wildman–Crippen LogP) is 6.97. The molecule has 1 atom stereocenters. The molecule has 5 rings (SSSR count). The molecule has 2 aliphatic carbocycles. The number of nitrogens with one attached hydrogen (secondary N) is 1. The Balaban J connectivity index is 0.000000193. The van der Waals surface area contributed by atoms with Crippen molar-refractivity contribution in [3.05, 3.63) is 29.5 Å². The summed E-state index contributed by atoms with van der Waals surface area (Å²) in [6.07, 6.45) is 17.0. The SMILES string of the molecule is CCCCCCCCCCN[C@@H](CC1CC1)c1noc(C)n1.O=C(O)c1ccc(N2CC(F)(F)C2)c(OCC2CC2)n1. The Labute approximate surface area is 247 Å². The predicted molar refractivity (Wildman–Crippen MR) is 156 cm³/mol. The lowest BCUT2D eigenvalue weighted by Crippen LogP contribution is -2.56. The molecule has 2 aromatic heterocycles. The first kappa shape index (κ1) is 32.1. The van der Waals surface area contributed by atoms with E-state index in [0.29, 0.717) is 24.1 Å². The van der Waals surface area contributed by atoms with E-state index in [0.717, 1.165) is 37.5 Å². The van der Waals surface area contributed by atoms with E-state index in [1.807, 2.05) is 6.92 Å². The Hall–Kier alpha value is -2.82. The summed E-state index contributed by atoms with van der Waals surface area (Å²) in [5.41, 5.74) is 0.286. The lowest BCUT2D eigenvalue weighted by molar-refractivity contribution is -0.0265. The van der Waals surface area contributed by atoms with Crippen molar-refractivity contribution in [3.63, 3.8) is 0 Å². The molecule has 3 heterocycles. The molecular weight excluding hydrogens is 544 g/mol. The molecule has 2 aromatic rings. The Morgan fingerprint density at radius 1 is 1.07 bits per heavy atom. The van der Waals surface area contributed by atoms with Crippen molar-refractivity contribution < 1.29 is 27.9 Å². The van der Waals surface area contributed by atoms with Crippen LogP contribution in [-0.2, 0) is 0 Å². The number of carbonyl (C=O) groups is 1. The van der Waals surface area contributed by atoms with E-state index in [-0.39, 0.29) is 30.7 Å². The average Bonchev–Trinajstić information content (AvgIpc) is 3.89. The largest absolute Gasteiger partial charge is 0.477 e. The van der Waals surface area contributed by atoms with Gasteiger partial charge in [-0.05, 0) is 56.2 Å². The number of alkyl halides is 2. The number of aromatic carboxylic acids is 1. The Kier molecular flexibility index (Phi) is 11.9. The van der Waals surface area contributed by atoms with Crippen LogP contribution in [0, 0.1) is 18.8 Å². The normalized spacial score (nSPS) is 18.1. The number of rotatable bonds is 18. The fourth-order valence-corrected chi connectivity index (χ4v) is 5.02. The molecule has 0 spiro atoms. The van der Waals surface area contributed by atoms with Gasteiger partial charge in [-0.15, -0.1) is 0 Å². The highest BCUT2D eigenvalue weighted by atomic mass is 19.3. The number of halogens is 2. The van der Waals surface area contributed by atoms with Gasteiger partial charge in [0.2, 0.25) is 11.8 Å². The number of carboxylic acids is 1. The van der Waals surface area contributed by atoms with Crippen molar-refractivity contribution in [3.8, 4) is 5.88 Å². The quantitative estimate of drug-likeness (QED) is 0.177. The highest BCUT2D eigenvalue weighted by molar-refractivity contribution is 5.86. The highest BCUT2D eigenvalue weighted by Crippen LogP contribution is 2.38. The lowest BCUT2D eigenvalue weighted by atomic mass is 10.1. The maximum atomic E-state index is 12.9. The number of nitrogens with zero attached hydrogens (tertiary/aromatic N) is 4. The van der Waals surface area contributed by atoms with Gasteiger partial charge >= 0.3 is 5.97 Å². The third-order valence-electron chi connectivity index (χ3n) is 7.94. The van der Waals surface area contributed by atoms with Crippen LogP contribution in [-0.4, -0.2) is 58.4 Å². The second kappa shape index (κ2) is 15.6. The Bertz CT molecular complexity index is 1110. The molecule has 2 saturated carbocycles. The summed E-state index contributed by atoms with van der Waals surface area (Å²) < 4.78 is 36.5. The summed E-state index contributed by atoms with van der Waals surface area (Å²) in [4.78, 5) is 20.7. The van der Waals surface area contributed by atoms with Crippen LogP contribution < -0.4 is 15.0 Å². The number of unbranched alkanes of at least 4 members (excludes halogenated alkanes) is 7. The molecule has 1 aliphatic heterocycles. The first-order valence-electron chi connectivity index (χ1n) is 15.8. The van der Waals surface area contributed by atoms with E-state index in [4.69, 9.17) is 14.4 Å². The Morgan fingerprint density at radius 2 is 1.74 bits per heavy atom. The molecule has 234 valence electrons. The maximum absolute atomic E-state index is 12.9. The highest BCUT2D eigenvalue weighted by Gasteiger charge is 2.45. The minimum Gasteiger partial charge on any atom is -0.477 e. The van der Waals surface area contributed by atoms with Gasteiger partial charge in [-0.2, -0.15) is 4.98 Å². The minimum atomic E-state index is -2.70. The number of anilines is 1. The van der Waals surface area contributed by atoms with Crippen LogP contribution in [0.4, 0.5) is 14.5 Å². The van der Waals surface area contributed by atoms with Gasteiger partial charge in [0.05, 0.1) is 25.7 Å². The minimum absolute atomic E-state index is 0.132. The van der Waals surface area contributed by atoms with Gasteiger partial charge in [-0.25, -0.2) is 18.6 Å². The summed E-state index contributed by atoms with van der Waals surface area (Å²) in [6.45, 7) is 4.88. The van der Waals surface area contributed by atoms with Crippen molar-refractivity contribution >= 4 is 11.7 Å². The number of aromatic nitrogens is 3. The van der Waals surface area contributed by atoms with Gasteiger partial charge in [0, 0.05) is 6.92 Å². The van der Waals surface area contributed by atoms with E-state index in [2.05, 4.69) is 27.4 Å². The van der Waals surface area contributed by atoms with E-state index in [1.54, 1.807) is 0 Å². The zero-order valence-corrected chi connectivity index (χ0v) is 25.1. The number of hydrogen-bond acceptors (Lipinski definition) is 8. The van der Waals surface area contributed by atoms with Crippen molar-refractivity contribution in [1.29, 1.82) is 0 Å². The Morgan fingerprint density at radius 3 is 2.31 bits per heavy atom. The third-order valence-corrected chi connectivity index (χ3v) is 7.94. The van der Waals surface area contributed by atoms with Crippen molar-refractivity contribution in [2.75, 3.05) is 31.1 Å². The van der Waals surface area contributed by atoms with Crippen LogP contribution >= 0.6 is 0 Å². The zero-order chi connectivity index (χ0) is 30.0. The lowest BCUT2D eigenvalue weighted by Gasteiger charge is -2.40. The maximum Gasteiger partial charge on any atom is 0.354 e. The molecule has 3 fully saturated rings. The molecule has 1 saturated heterocycles. The summed E-state index contributed by atoms with van der Waals surface area (Å²) in [5.74, 6) is -0.868. The van der Waals surface area contributed by atoms with Crippen LogP contribution in [0.5, 0.6) is 5.88 Å². The van der Waals surface area contributed by atoms with E-state index < -0.39 is 11.9 Å². The van der Waals surface area contributed by atoms with Crippen LogP contribution in [0.1, 0.15) is 119 Å².